The second kappa shape index (κ2) is 13.3. The lowest BCUT2D eigenvalue weighted by Gasteiger charge is -2.26. The van der Waals surface area contributed by atoms with E-state index in [4.69, 9.17) is 10.4 Å². The van der Waals surface area contributed by atoms with Crippen molar-refractivity contribution in [3.05, 3.63) is 72.6 Å². The van der Waals surface area contributed by atoms with Gasteiger partial charge in [0.15, 0.2) is 11.5 Å². The van der Waals surface area contributed by atoms with Crippen molar-refractivity contribution in [2.24, 2.45) is 5.10 Å². The number of hydrazone groups is 1. The van der Waals surface area contributed by atoms with Crippen LogP contribution in [0, 0.1) is 11.3 Å². The number of ether oxygens (including phenoxy) is 2. The Balaban J connectivity index is 0.000000283. The van der Waals surface area contributed by atoms with Crippen LogP contribution in [0.3, 0.4) is 0 Å². The van der Waals surface area contributed by atoms with E-state index in [-0.39, 0.29) is 23.4 Å². The maximum absolute atomic E-state index is 12.3. The molecule has 1 fully saturated rings. The number of fused-ring (bicyclic) bond motifs is 1. The molecule has 0 aliphatic carbocycles. The van der Waals surface area contributed by atoms with Gasteiger partial charge in [-0.05, 0) is 38.0 Å². The number of benzene rings is 1. The molecule has 1 saturated heterocycles. The molecule has 1 unspecified atom stereocenters. The Morgan fingerprint density at radius 2 is 1.86 bits per heavy atom. The van der Waals surface area contributed by atoms with Gasteiger partial charge in [-0.15, -0.1) is 8.78 Å². The highest BCUT2D eigenvalue weighted by Crippen LogP contribution is 2.40. The summed E-state index contributed by atoms with van der Waals surface area (Å²) in [6.07, 6.45) is 3.93. The molecular weight excluding hydrogens is 480 g/mol. The van der Waals surface area contributed by atoms with Gasteiger partial charge in [0.1, 0.15) is 5.82 Å². The van der Waals surface area contributed by atoms with Gasteiger partial charge in [-0.3, -0.25) is 4.79 Å². The average molecular weight is 514 g/mol. The molecule has 0 saturated carbocycles. The third kappa shape index (κ3) is 7.93. The number of carbonyl (C=O) groups is 1. The van der Waals surface area contributed by atoms with Crippen LogP contribution in [0.15, 0.2) is 77.7 Å². The number of carbonyl (C=O) groups excluding carboxylic acids is 1. The fourth-order valence-corrected chi connectivity index (χ4v) is 3.68. The molecule has 3 heterocycles. The van der Waals surface area contributed by atoms with Gasteiger partial charge in [-0.25, -0.2) is 5.01 Å². The van der Waals surface area contributed by atoms with Crippen molar-refractivity contribution in [3.63, 3.8) is 0 Å². The summed E-state index contributed by atoms with van der Waals surface area (Å²) in [7, 11) is 1.82. The predicted octanol–water partition coefficient (Wildman–Crippen LogP) is 4.96. The number of likely N-dealkylation sites (tertiary alicyclic amines) is 1. The van der Waals surface area contributed by atoms with Crippen molar-refractivity contribution in [3.8, 4) is 17.6 Å². The first-order valence-electron chi connectivity index (χ1n) is 11.7. The minimum atomic E-state index is -3.50. The van der Waals surface area contributed by atoms with Crippen molar-refractivity contribution in [2.75, 3.05) is 20.1 Å². The summed E-state index contributed by atoms with van der Waals surface area (Å²) in [6.45, 7) is 14.7. The van der Waals surface area contributed by atoms with Crippen LogP contribution in [0.4, 0.5) is 8.78 Å². The lowest BCUT2D eigenvalue weighted by molar-refractivity contribution is -0.286. The lowest BCUT2D eigenvalue weighted by Crippen LogP contribution is -2.44. The van der Waals surface area contributed by atoms with Gasteiger partial charge in [0, 0.05) is 26.9 Å². The van der Waals surface area contributed by atoms with Crippen LogP contribution < -0.4 is 14.8 Å². The van der Waals surface area contributed by atoms with Crippen LogP contribution in [0.25, 0.3) is 0 Å². The zero-order valence-electron chi connectivity index (χ0n) is 21.6. The number of nitrogens with one attached hydrogen (secondary N) is 1. The summed E-state index contributed by atoms with van der Waals surface area (Å²) < 4.78 is 32.9. The van der Waals surface area contributed by atoms with Gasteiger partial charge < -0.3 is 19.7 Å². The molecule has 8 nitrogen and oxygen atoms in total. The topological polar surface area (TPSA) is 90.2 Å². The van der Waals surface area contributed by atoms with E-state index in [0.29, 0.717) is 13.0 Å². The molecule has 4 rings (SSSR count). The maximum atomic E-state index is 12.3. The van der Waals surface area contributed by atoms with Crippen LogP contribution >= 0.6 is 0 Å². The van der Waals surface area contributed by atoms with E-state index in [2.05, 4.69) is 27.9 Å². The Morgan fingerprint density at radius 1 is 1.27 bits per heavy atom. The van der Waals surface area contributed by atoms with Crippen molar-refractivity contribution >= 4 is 11.6 Å². The van der Waals surface area contributed by atoms with Gasteiger partial charge in [-0.1, -0.05) is 49.1 Å². The fraction of sp³-hybridized carbons (Fsp3) is 0.370. The molecule has 1 aromatic carbocycles. The summed E-state index contributed by atoms with van der Waals surface area (Å²) in [5.41, 5.74) is 3.08. The van der Waals surface area contributed by atoms with Gasteiger partial charge >= 0.3 is 6.29 Å². The van der Waals surface area contributed by atoms with Crippen molar-refractivity contribution < 1.29 is 23.0 Å². The highest BCUT2D eigenvalue weighted by molar-refractivity contribution is 6.06. The van der Waals surface area contributed by atoms with Gasteiger partial charge in [0.25, 0.3) is 0 Å². The third-order valence-electron chi connectivity index (χ3n) is 5.61. The zero-order valence-corrected chi connectivity index (χ0v) is 21.6. The highest BCUT2D eigenvalue weighted by Gasteiger charge is 2.43. The van der Waals surface area contributed by atoms with Crippen LogP contribution in [0.5, 0.6) is 11.5 Å². The summed E-state index contributed by atoms with van der Waals surface area (Å²) in [5, 5.41) is 16.9. The maximum Gasteiger partial charge on any atom is 0.586 e. The van der Waals surface area contributed by atoms with E-state index >= 15 is 0 Å². The second-order valence-electron chi connectivity index (χ2n) is 8.27. The number of rotatable bonds is 6. The lowest BCUT2D eigenvalue weighted by atomic mass is 10.0. The Hall–Kier alpha value is -4.13. The molecule has 1 amide bonds. The standard InChI is InChI=1S/C18H26N4O.C7H4F2O2.C2H3N/c1-6-13(2)9-10-14(3)18-16(21-11-7-8-17(21)23)12-22(20-18)15(4)19-5;8-7(9)10-5-3-1-2-4-6(5)11-7;1-2-3/h6,9-10,16,19H,1,4,7-8,11-12H2,2-3,5H3;1-4H;1H3/b13-9-,14-10+;;. The number of amides is 1. The van der Waals surface area contributed by atoms with E-state index in [1.54, 1.807) is 18.2 Å². The van der Waals surface area contributed by atoms with Crippen LogP contribution in [0.2, 0.25) is 0 Å². The molecule has 0 bridgehead atoms. The molecule has 3 aliphatic rings. The van der Waals surface area contributed by atoms with E-state index in [9.17, 15) is 13.6 Å². The first kappa shape index (κ1) is 29.1. The Labute approximate surface area is 216 Å². The predicted molar refractivity (Wildman–Crippen MR) is 139 cm³/mol. The number of nitriles is 1. The normalized spacial score (nSPS) is 19.6. The van der Waals surface area contributed by atoms with Gasteiger partial charge in [0.2, 0.25) is 5.91 Å². The van der Waals surface area contributed by atoms with E-state index < -0.39 is 6.29 Å². The zero-order chi connectivity index (χ0) is 27.6. The second-order valence-corrected chi connectivity index (χ2v) is 8.27. The summed E-state index contributed by atoms with van der Waals surface area (Å²) in [5.74, 6) is 1.11. The van der Waals surface area contributed by atoms with Crippen molar-refractivity contribution in [1.29, 1.82) is 5.26 Å². The largest absolute Gasteiger partial charge is 0.586 e. The fourth-order valence-electron chi connectivity index (χ4n) is 3.68. The average Bonchev–Trinajstić information content (AvgIpc) is 3.57. The number of alkyl halides is 2. The van der Waals surface area contributed by atoms with Crippen LogP contribution in [-0.4, -0.2) is 54.0 Å². The number of hydrogen-bond donors (Lipinski definition) is 1. The molecule has 0 radical (unpaired) electrons. The molecule has 1 atom stereocenters. The Bertz CT molecular complexity index is 1110. The van der Waals surface area contributed by atoms with Gasteiger partial charge in [-0.2, -0.15) is 10.4 Å². The minimum Gasteiger partial charge on any atom is -0.395 e. The van der Waals surface area contributed by atoms with Crippen LogP contribution in [0.1, 0.15) is 33.6 Å². The number of allylic oxidation sites excluding steroid dienone is 4. The smallest absolute Gasteiger partial charge is 0.395 e. The quantitative estimate of drug-likeness (QED) is 0.541. The first-order chi connectivity index (χ1) is 17.6. The summed E-state index contributed by atoms with van der Waals surface area (Å²) >= 11 is 0. The number of para-hydroxylation sites is 2. The molecular formula is C27H33F2N5O3. The Morgan fingerprint density at radius 3 is 2.35 bits per heavy atom. The van der Waals surface area contributed by atoms with Gasteiger partial charge in [0.05, 0.1) is 24.4 Å². The van der Waals surface area contributed by atoms with Crippen molar-refractivity contribution in [2.45, 2.75) is 45.9 Å². The summed E-state index contributed by atoms with van der Waals surface area (Å²) in [4.78, 5) is 14.1. The molecule has 37 heavy (non-hydrogen) atoms. The molecule has 198 valence electrons. The number of halogens is 2. The molecule has 1 N–H and O–H groups in total. The van der Waals surface area contributed by atoms with E-state index in [0.717, 1.165) is 35.6 Å². The highest BCUT2D eigenvalue weighted by atomic mass is 19.3. The number of hydrogen-bond acceptors (Lipinski definition) is 7. The monoisotopic (exact) mass is 513 g/mol. The van der Waals surface area contributed by atoms with E-state index in [1.165, 1.54) is 19.1 Å². The minimum absolute atomic E-state index is 0.0104. The molecule has 0 aromatic heterocycles. The van der Waals surface area contributed by atoms with E-state index in [1.807, 2.05) is 49.0 Å². The third-order valence-corrected chi connectivity index (χ3v) is 5.61. The molecule has 10 heteroatoms. The molecule has 3 aliphatic heterocycles. The van der Waals surface area contributed by atoms with Crippen LogP contribution in [-0.2, 0) is 4.79 Å². The summed E-state index contributed by atoms with van der Waals surface area (Å²) in [6, 6.07) is 7.79. The molecule has 0 spiro atoms. The van der Waals surface area contributed by atoms with Crippen molar-refractivity contribution in [1.82, 2.24) is 15.2 Å². The Kier molecular flexibility index (Phi) is 10.4. The first-order valence-corrected chi connectivity index (χ1v) is 11.7. The number of nitrogens with zero attached hydrogens (tertiary/aromatic N) is 4. The molecule has 1 aromatic rings. The SMILES string of the molecule is C=C/C(C)=C\C=C(/C)C1=NN(C(=C)NC)CC1N1CCCC1=O.CC#N.FC1(F)Oc2ccccc2O1.